The number of hydrogen-bond donors (Lipinski definition) is 2. The molecule has 4 nitrogen and oxygen atoms in total. The number of methoxy groups -OCH3 is 1. The van der Waals surface area contributed by atoms with Crippen molar-refractivity contribution in [2.24, 2.45) is 4.99 Å². The van der Waals surface area contributed by atoms with Crippen LogP contribution in [-0.2, 0) is 11.2 Å². The van der Waals surface area contributed by atoms with Crippen LogP contribution >= 0.6 is 35.6 Å². The van der Waals surface area contributed by atoms with Gasteiger partial charge in [-0.1, -0.05) is 17.7 Å². The van der Waals surface area contributed by atoms with E-state index in [1.54, 1.807) is 19.2 Å². The molecule has 2 N–H and O–H groups in total. The SMILES string of the molecule is CCNC(=NCC(C)(C)OC)NCCc1c(F)cccc1Cl.I. The summed E-state index contributed by atoms with van der Waals surface area (Å²) in [4.78, 5) is 4.47. The van der Waals surface area contributed by atoms with Crippen LogP contribution in [0.5, 0.6) is 0 Å². The molecule has 0 aliphatic rings. The monoisotopic (exact) mass is 457 g/mol. The number of hydrogen-bond acceptors (Lipinski definition) is 2. The maximum absolute atomic E-state index is 13.7. The van der Waals surface area contributed by atoms with Crippen molar-refractivity contribution in [1.29, 1.82) is 0 Å². The Bertz CT molecular complexity index is 492. The van der Waals surface area contributed by atoms with Gasteiger partial charge in [-0.25, -0.2) is 4.39 Å². The van der Waals surface area contributed by atoms with Crippen molar-refractivity contribution in [1.82, 2.24) is 10.6 Å². The smallest absolute Gasteiger partial charge is 0.191 e. The van der Waals surface area contributed by atoms with E-state index in [1.807, 2.05) is 20.8 Å². The van der Waals surface area contributed by atoms with Crippen LogP contribution in [0.4, 0.5) is 4.39 Å². The van der Waals surface area contributed by atoms with E-state index < -0.39 is 0 Å². The molecule has 23 heavy (non-hydrogen) atoms. The van der Waals surface area contributed by atoms with Gasteiger partial charge < -0.3 is 15.4 Å². The number of halogens is 3. The van der Waals surface area contributed by atoms with Crippen molar-refractivity contribution >= 4 is 41.5 Å². The fraction of sp³-hybridized carbons (Fsp3) is 0.562. The van der Waals surface area contributed by atoms with Gasteiger partial charge in [-0.2, -0.15) is 0 Å². The zero-order valence-corrected chi connectivity index (χ0v) is 17.2. The zero-order valence-electron chi connectivity index (χ0n) is 14.1. The number of benzene rings is 1. The molecule has 0 spiro atoms. The van der Waals surface area contributed by atoms with Crippen LogP contribution in [-0.4, -0.2) is 38.3 Å². The van der Waals surface area contributed by atoms with Crippen LogP contribution in [0.3, 0.4) is 0 Å². The molecule has 0 aliphatic carbocycles. The van der Waals surface area contributed by atoms with Gasteiger partial charge >= 0.3 is 0 Å². The second kappa shape index (κ2) is 11.0. The molecule has 0 aromatic heterocycles. The second-order valence-electron chi connectivity index (χ2n) is 5.54. The fourth-order valence-corrected chi connectivity index (χ4v) is 2.01. The van der Waals surface area contributed by atoms with Crippen LogP contribution in [0, 0.1) is 5.82 Å². The highest BCUT2D eigenvalue weighted by atomic mass is 127. The summed E-state index contributed by atoms with van der Waals surface area (Å²) in [5.41, 5.74) is 0.196. The largest absolute Gasteiger partial charge is 0.377 e. The summed E-state index contributed by atoms with van der Waals surface area (Å²) < 4.78 is 19.0. The minimum absolute atomic E-state index is 0. The molecule has 132 valence electrons. The molecule has 0 unspecified atom stereocenters. The predicted octanol–water partition coefficient (Wildman–Crippen LogP) is 3.62. The molecule has 7 heteroatoms. The molecule has 0 bridgehead atoms. The molecule has 0 atom stereocenters. The minimum Gasteiger partial charge on any atom is -0.377 e. The van der Waals surface area contributed by atoms with Crippen LogP contribution in [0.15, 0.2) is 23.2 Å². The van der Waals surface area contributed by atoms with Crippen molar-refractivity contribution < 1.29 is 9.13 Å². The Morgan fingerprint density at radius 3 is 2.61 bits per heavy atom. The standard InChI is InChI=1S/C16H25ClFN3O.HI/c1-5-19-15(21-11-16(2,3)22-4)20-10-9-12-13(17)7-6-8-14(12)18;/h6-8H,5,9-11H2,1-4H3,(H2,19,20,21);1H. The predicted molar refractivity (Wildman–Crippen MR) is 106 cm³/mol. The van der Waals surface area contributed by atoms with E-state index in [0.717, 1.165) is 6.54 Å². The average Bonchev–Trinajstić information content (AvgIpc) is 2.48. The van der Waals surface area contributed by atoms with Crippen molar-refractivity contribution in [2.75, 3.05) is 26.7 Å². The number of aliphatic imine (C=N–C) groups is 1. The van der Waals surface area contributed by atoms with Gasteiger partial charge in [0, 0.05) is 30.8 Å². The first-order valence-electron chi connectivity index (χ1n) is 7.40. The van der Waals surface area contributed by atoms with Gasteiger partial charge in [0.2, 0.25) is 0 Å². The summed E-state index contributed by atoms with van der Waals surface area (Å²) in [5, 5.41) is 6.78. The summed E-state index contributed by atoms with van der Waals surface area (Å²) in [6.07, 6.45) is 0.490. The third kappa shape index (κ3) is 8.17. The van der Waals surface area contributed by atoms with Crippen molar-refractivity contribution in [3.8, 4) is 0 Å². The van der Waals surface area contributed by atoms with E-state index in [9.17, 15) is 4.39 Å². The Hall–Kier alpha value is -0.600. The lowest BCUT2D eigenvalue weighted by Crippen LogP contribution is -2.40. The molecular weight excluding hydrogens is 432 g/mol. The van der Waals surface area contributed by atoms with E-state index in [1.165, 1.54) is 6.07 Å². The topological polar surface area (TPSA) is 45.7 Å². The summed E-state index contributed by atoms with van der Waals surface area (Å²) in [6, 6.07) is 4.72. The normalized spacial score (nSPS) is 11.8. The Morgan fingerprint density at radius 2 is 2.04 bits per heavy atom. The summed E-state index contributed by atoms with van der Waals surface area (Å²) in [7, 11) is 1.66. The Balaban J connectivity index is 0.00000484. The Morgan fingerprint density at radius 1 is 1.35 bits per heavy atom. The highest BCUT2D eigenvalue weighted by molar-refractivity contribution is 14.0. The molecule has 0 heterocycles. The molecule has 1 rings (SSSR count). The zero-order chi connectivity index (χ0) is 16.6. The van der Waals surface area contributed by atoms with E-state index >= 15 is 0 Å². The van der Waals surface area contributed by atoms with E-state index in [0.29, 0.717) is 36.1 Å². The Labute approximate surface area is 160 Å². The maximum atomic E-state index is 13.7. The molecule has 0 saturated heterocycles. The first-order chi connectivity index (χ1) is 10.4. The van der Waals surface area contributed by atoms with Crippen molar-refractivity contribution in [3.63, 3.8) is 0 Å². The number of guanidine groups is 1. The third-order valence-electron chi connectivity index (χ3n) is 3.24. The molecular formula is C16H26ClFIN3O. The first-order valence-corrected chi connectivity index (χ1v) is 7.77. The first kappa shape index (κ1) is 22.4. The van der Waals surface area contributed by atoms with Gasteiger partial charge in [-0.15, -0.1) is 24.0 Å². The summed E-state index contributed by atoms with van der Waals surface area (Å²) >= 11 is 6.02. The third-order valence-corrected chi connectivity index (χ3v) is 3.60. The quantitative estimate of drug-likeness (QED) is 0.373. The Kier molecular flexibility index (Phi) is 10.8. The summed E-state index contributed by atoms with van der Waals surface area (Å²) in [6.45, 7) is 7.75. The van der Waals surface area contributed by atoms with Gasteiger partial charge in [-0.3, -0.25) is 4.99 Å². The highest BCUT2D eigenvalue weighted by Crippen LogP contribution is 2.18. The molecule has 0 amide bonds. The summed E-state index contributed by atoms with van der Waals surface area (Å²) in [5.74, 6) is 0.400. The molecule has 0 aliphatic heterocycles. The van der Waals surface area contributed by atoms with Gasteiger partial charge in [0.15, 0.2) is 5.96 Å². The van der Waals surface area contributed by atoms with Crippen LogP contribution in [0.25, 0.3) is 0 Å². The number of ether oxygens (including phenoxy) is 1. The second-order valence-corrected chi connectivity index (χ2v) is 5.94. The van der Waals surface area contributed by atoms with Crippen molar-refractivity contribution in [3.05, 3.63) is 34.6 Å². The molecule has 1 aromatic rings. The van der Waals surface area contributed by atoms with Crippen LogP contribution in [0.1, 0.15) is 26.3 Å². The van der Waals surface area contributed by atoms with E-state index in [4.69, 9.17) is 16.3 Å². The van der Waals surface area contributed by atoms with Gasteiger partial charge in [-0.05, 0) is 39.3 Å². The highest BCUT2D eigenvalue weighted by Gasteiger charge is 2.15. The lowest BCUT2D eigenvalue weighted by atomic mass is 10.1. The lowest BCUT2D eigenvalue weighted by Gasteiger charge is -2.21. The fourth-order valence-electron chi connectivity index (χ4n) is 1.75. The molecule has 0 saturated carbocycles. The molecule has 0 radical (unpaired) electrons. The number of rotatable bonds is 7. The number of nitrogens with zero attached hydrogens (tertiary/aromatic N) is 1. The molecule has 1 aromatic carbocycles. The van der Waals surface area contributed by atoms with Crippen LogP contribution < -0.4 is 10.6 Å². The maximum Gasteiger partial charge on any atom is 0.191 e. The van der Waals surface area contributed by atoms with E-state index in [2.05, 4.69) is 15.6 Å². The van der Waals surface area contributed by atoms with Crippen LogP contribution in [0.2, 0.25) is 5.02 Å². The van der Waals surface area contributed by atoms with Gasteiger partial charge in [0.25, 0.3) is 0 Å². The minimum atomic E-state index is -0.322. The van der Waals surface area contributed by atoms with Gasteiger partial charge in [0.05, 0.1) is 12.1 Å². The number of nitrogens with one attached hydrogen (secondary N) is 2. The van der Waals surface area contributed by atoms with Gasteiger partial charge in [0.1, 0.15) is 5.82 Å². The molecule has 0 fully saturated rings. The lowest BCUT2D eigenvalue weighted by molar-refractivity contribution is 0.0310. The van der Waals surface area contributed by atoms with Crippen molar-refractivity contribution in [2.45, 2.75) is 32.8 Å². The average molecular weight is 458 g/mol. The van der Waals surface area contributed by atoms with E-state index in [-0.39, 0.29) is 35.4 Å².